The van der Waals surface area contributed by atoms with Gasteiger partial charge < -0.3 is 15.6 Å². The number of nitrogens with two attached hydrogens (primary N) is 1. The van der Waals surface area contributed by atoms with E-state index in [4.69, 9.17) is 5.73 Å². The quantitative estimate of drug-likeness (QED) is 0.795. The molecule has 0 aliphatic carbocycles. The van der Waals surface area contributed by atoms with E-state index >= 15 is 0 Å². The number of nitrogens with one attached hydrogen (secondary N) is 1. The van der Waals surface area contributed by atoms with Crippen LogP contribution < -0.4 is 11.1 Å². The summed E-state index contributed by atoms with van der Waals surface area (Å²) in [5.41, 5.74) is 8.99. The molecule has 0 saturated heterocycles. The standard InChI is InChI=1S/C14H18N4/c1-2-12-9-18-13(7-8-16-14(18)17-12)10-3-5-11(15)6-4-10/h3-6,9,13H,2,7-8,15H2,1H3,(H,16,17). The molecule has 4 nitrogen and oxygen atoms in total. The van der Waals surface area contributed by atoms with Crippen molar-refractivity contribution in [1.29, 1.82) is 0 Å². The van der Waals surface area contributed by atoms with Gasteiger partial charge in [0.25, 0.3) is 0 Å². The minimum atomic E-state index is 0.370. The van der Waals surface area contributed by atoms with Crippen molar-refractivity contribution in [3.8, 4) is 0 Å². The first kappa shape index (κ1) is 11.1. The molecule has 3 rings (SSSR count). The Balaban J connectivity index is 2.00. The summed E-state index contributed by atoms with van der Waals surface area (Å²) in [6, 6.07) is 8.53. The second kappa shape index (κ2) is 4.37. The van der Waals surface area contributed by atoms with Gasteiger partial charge in [-0.05, 0) is 30.5 Å². The van der Waals surface area contributed by atoms with Gasteiger partial charge in [0.1, 0.15) is 0 Å². The van der Waals surface area contributed by atoms with E-state index < -0.39 is 0 Å². The zero-order valence-electron chi connectivity index (χ0n) is 10.6. The van der Waals surface area contributed by atoms with Crippen LogP contribution in [0, 0.1) is 0 Å². The van der Waals surface area contributed by atoms with Gasteiger partial charge in [-0.15, -0.1) is 0 Å². The number of hydrogen-bond acceptors (Lipinski definition) is 3. The fourth-order valence-electron chi connectivity index (χ4n) is 2.49. The maximum atomic E-state index is 5.74. The SMILES string of the molecule is CCc1cn2c(n1)NCCC2c1ccc(N)cc1. The van der Waals surface area contributed by atoms with Crippen LogP contribution in [0.2, 0.25) is 0 Å². The molecule has 0 fully saturated rings. The molecular weight excluding hydrogens is 224 g/mol. The summed E-state index contributed by atoms with van der Waals surface area (Å²) in [7, 11) is 0. The van der Waals surface area contributed by atoms with Gasteiger partial charge in [-0.1, -0.05) is 19.1 Å². The highest BCUT2D eigenvalue weighted by Crippen LogP contribution is 2.30. The van der Waals surface area contributed by atoms with E-state index in [1.807, 2.05) is 12.1 Å². The van der Waals surface area contributed by atoms with Crippen molar-refractivity contribution in [3.05, 3.63) is 41.7 Å². The van der Waals surface area contributed by atoms with Gasteiger partial charge in [-0.25, -0.2) is 4.98 Å². The molecule has 2 aromatic rings. The van der Waals surface area contributed by atoms with E-state index in [2.05, 4.69) is 40.1 Å². The number of imidazole rings is 1. The number of rotatable bonds is 2. The smallest absolute Gasteiger partial charge is 0.203 e. The summed E-state index contributed by atoms with van der Waals surface area (Å²) in [5, 5.41) is 3.36. The predicted octanol–water partition coefficient (Wildman–Crippen LogP) is 2.43. The number of hydrogen-bond donors (Lipinski definition) is 2. The van der Waals surface area contributed by atoms with Crippen LogP contribution in [-0.2, 0) is 6.42 Å². The summed E-state index contributed by atoms with van der Waals surface area (Å²) in [5.74, 6) is 0.986. The van der Waals surface area contributed by atoms with E-state index in [9.17, 15) is 0 Å². The lowest BCUT2D eigenvalue weighted by atomic mass is 10.0. The van der Waals surface area contributed by atoms with Crippen LogP contribution in [0.25, 0.3) is 0 Å². The fraction of sp³-hybridized carbons (Fsp3) is 0.357. The molecule has 0 bridgehead atoms. The first-order chi connectivity index (χ1) is 8.78. The van der Waals surface area contributed by atoms with Gasteiger partial charge in [0, 0.05) is 18.4 Å². The number of aryl methyl sites for hydroxylation is 1. The Kier molecular flexibility index (Phi) is 2.70. The summed E-state index contributed by atoms with van der Waals surface area (Å²) >= 11 is 0. The number of benzene rings is 1. The molecule has 1 aliphatic rings. The van der Waals surface area contributed by atoms with Gasteiger partial charge >= 0.3 is 0 Å². The van der Waals surface area contributed by atoms with E-state index in [1.165, 1.54) is 5.56 Å². The van der Waals surface area contributed by atoms with Gasteiger partial charge in [0.15, 0.2) is 0 Å². The molecule has 4 heteroatoms. The number of anilines is 2. The molecule has 0 saturated carbocycles. The Hall–Kier alpha value is -1.97. The molecule has 0 radical (unpaired) electrons. The van der Waals surface area contributed by atoms with Crippen molar-refractivity contribution in [2.24, 2.45) is 0 Å². The van der Waals surface area contributed by atoms with E-state index in [0.717, 1.165) is 36.7 Å². The first-order valence-corrected chi connectivity index (χ1v) is 6.45. The van der Waals surface area contributed by atoms with Gasteiger partial charge in [-0.2, -0.15) is 0 Å². The summed E-state index contributed by atoms with van der Waals surface area (Å²) < 4.78 is 2.24. The van der Waals surface area contributed by atoms with Crippen LogP contribution in [0.15, 0.2) is 30.5 Å². The lowest BCUT2D eigenvalue weighted by molar-refractivity contribution is 0.530. The van der Waals surface area contributed by atoms with E-state index in [1.54, 1.807) is 0 Å². The monoisotopic (exact) mass is 242 g/mol. The van der Waals surface area contributed by atoms with Crippen LogP contribution in [0.4, 0.5) is 11.6 Å². The predicted molar refractivity (Wildman–Crippen MR) is 73.7 cm³/mol. The second-order valence-electron chi connectivity index (χ2n) is 4.71. The average Bonchev–Trinajstić information content (AvgIpc) is 2.82. The van der Waals surface area contributed by atoms with Crippen LogP contribution >= 0.6 is 0 Å². The third-order valence-corrected chi connectivity index (χ3v) is 3.50. The third-order valence-electron chi connectivity index (χ3n) is 3.50. The van der Waals surface area contributed by atoms with Gasteiger partial charge in [0.2, 0.25) is 5.95 Å². The molecule has 94 valence electrons. The largest absolute Gasteiger partial charge is 0.399 e. The number of aromatic nitrogens is 2. The Morgan fingerprint density at radius 2 is 2.17 bits per heavy atom. The highest BCUT2D eigenvalue weighted by atomic mass is 15.2. The molecule has 1 unspecified atom stereocenters. The zero-order valence-corrected chi connectivity index (χ0v) is 10.6. The fourth-order valence-corrected chi connectivity index (χ4v) is 2.49. The van der Waals surface area contributed by atoms with Crippen molar-refractivity contribution < 1.29 is 0 Å². The molecule has 3 N–H and O–H groups in total. The Labute approximate surface area is 107 Å². The highest BCUT2D eigenvalue weighted by molar-refractivity contribution is 5.42. The normalized spacial score (nSPS) is 18.2. The topological polar surface area (TPSA) is 55.9 Å². The van der Waals surface area contributed by atoms with E-state index in [0.29, 0.717) is 6.04 Å². The number of nitrogen functional groups attached to an aromatic ring is 1. The summed E-state index contributed by atoms with van der Waals surface area (Å²) in [4.78, 5) is 4.59. The Morgan fingerprint density at radius 3 is 2.89 bits per heavy atom. The van der Waals surface area contributed by atoms with Gasteiger partial charge in [0.05, 0.1) is 11.7 Å². The van der Waals surface area contributed by atoms with E-state index in [-0.39, 0.29) is 0 Å². The summed E-state index contributed by atoms with van der Waals surface area (Å²) in [6.07, 6.45) is 4.20. The van der Waals surface area contributed by atoms with Crippen molar-refractivity contribution in [3.63, 3.8) is 0 Å². The Bertz CT molecular complexity index is 541. The maximum absolute atomic E-state index is 5.74. The highest BCUT2D eigenvalue weighted by Gasteiger charge is 2.22. The minimum absolute atomic E-state index is 0.370. The molecular formula is C14H18N4. The average molecular weight is 242 g/mol. The minimum Gasteiger partial charge on any atom is -0.399 e. The third kappa shape index (κ3) is 1.83. The van der Waals surface area contributed by atoms with Crippen molar-refractivity contribution in [1.82, 2.24) is 9.55 Å². The molecule has 1 aliphatic heterocycles. The molecule has 2 heterocycles. The van der Waals surface area contributed by atoms with Crippen molar-refractivity contribution in [2.75, 3.05) is 17.6 Å². The summed E-state index contributed by atoms with van der Waals surface area (Å²) in [6.45, 7) is 3.10. The van der Waals surface area contributed by atoms with Crippen LogP contribution in [0.3, 0.4) is 0 Å². The van der Waals surface area contributed by atoms with Crippen molar-refractivity contribution >= 4 is 11.6 Å². The lowest BCUT2D eigenvalue weighted by Crippen LogP contribution is -2.23. The molecule has 1 aromatic carbocycles. The number of fused-ring (bicyclic) bond motifs is 1. The lowest BCUT2D eigenvalue weighted by Gasteiger charge is -2.26. The number of nitrogens with zero attached hydrogens (tertiary/aromatic N) is 2. The first-order valence-electron chi connectivity index (χ1n) is 6.45. The molecule has 18 heavy (non-hydrogen) atoms. The van der Waals surface area contributed by atoms with Crippen LogP contribution in [0.1, 0.15) is 30.6 Å². The molecule has 0 amide bonds. The molecule has 1 atom stereocenters. The second-order valence-corrected chi connectivity index (χ2v) is 4.71. The molecule has 0 spiro atoms. The maximum Gasteiger partial charge on any atom is 0.203 e. The van der Waals surface area contributed by atoms with Crippen LogP contribution in [0.5, 0.6) is 0 Å². The van der Waals surface area contributed by atoms with Gasteiger partial charge in [-0.3, -0.25) is 0 Å². The Morgan fingerprint density at radius 1 is 1.39 bits per heavy atom. The molecule has 1 aromatic heterocycles. The van der Waals surface area contributed by atoms with Crippen LogP contribution in [-0.4, -0.2) is 16.1 Å². The zero-order chi connectivity index (χ0) is 12.5. The van der Waals surface area contributed by atoms with Crippen molar-refractivity contribution in [2.45, 2.75) is 25.8 Å².